The minimum absolute atomic E-state index is 0.350. The predicted octanol–water partition coefficient (Wildman–Crippen LogP) is 3.52. The number of nitrogens with two attached hydrogens (primary N) is 1. The monoisotopic (exact) mass is 260 g/mol. The molecule has 0 saturated carbocycles. The Morgan fingerprint density at radius 1 is 1.32 bits per heavy atom. The zero-order chi connectivity index (χ0) is 13.8. The number of rotatable bonds is 5. The summed E-state index contributed by atoms with van der Waals surface area (Å²) in [6.45, 7) is 4.37. The van der Waals surface area contributed by atoms with Gasteiger partial charge in [0.15, 0.2) is 0 Å². The summed E-state index contributed by atoms with van der Waals surface area (Å²) in [6.07, 6.45) is 1.90. The molecule has 0 spiro atoms. The van der Waals surface area contributed by atoms with Crippen LogP contribution in [0.25, 0.3) is 11.1 Å². The minimum Gasteiger partial charge on any atom is -0.496 e. The summed E-state index contributed by atoms with van der Waals surface area (Å²) in [5.74, 6) is 1.75. The van der Waals surface area contributed by atoms with E-state index in [1.54, 1.807) is 7.11 Å². The zero-order valence-corrected chi connectivity index (χ0v) is 11.6. The molecule has 2 rings (SSSR count). The first-order chi connectivity index (χ1) is 9.13. The quantitative estimate of drug-likeness (QED) is 0.893. The van der Waals surface area contributed by atoms with Gasteiger partial charge >= 0.3 is 0 Å². The fraction of sp³-hybridized carbons (Fsp3) is 0.400. The lowest BCUT2D eigenvalue weighted by Gasteiger charge is -2.09. The average molecular weight is 260 g/mol. The molecule has 2 aromatic rings. The van der Waals surface area contributed by atoms with Gasteiger partial charge in [-0.25, -0.2) is 0 Å². The van der Waals surface area contributed by atoms with E-state index in [0.717, 1.165) is 35.4 Å². The predicted molar refractivity (Wildman–Crippen MR) is 76.1 cm³/mol. The minimum atomic E-state index is 0.350. The molecule has 102 valence electrons. The molecule has 0 aliphatic carbocycles. The molecule has 0 aliphatic rings. The van der Waals surface area contributed by atoms with Crippen LogP contribution in [-0.2, 0) is 6.42 Å². The van der Waals surface area contributed by atoms with Gasteiger partial charge in [0.2, 0.25) is 5.88 Å². The van der Waals surface area contributed by atoms with E-state index in [1.807, 2.05) is 24.3 Å². The van der Waals surface area contributed by atoms with Crippen molar-refractivity contribution in [1.29, 1.82) is 0 Å². The van der Waals surface area contributed by atoms with Crippen LogP contribution in [0.5, 0.6) is 5.75 Å². The molecule has 0 fully saturated rings. The second-order valence-electron chi connectivity index (χ2n) is 5.00. The first-order valence-corrected chi connectivity index (χ1v) is 6.51. The molecule has 0 aliphatic heterocycles. The van der Waals surface area contributed by atoms with E-state index in [4.69, 9.17) is 15.0 Å². The number of anilines is 1. The largest absolute Gasteiger partial charge is 0.496 e. The Kier molecular flexibility index (Phi) is 4.10. The third kappa shape index (κ3) is 2.89. The highest BCUT2D eigenvalue weighted by Crippen LogP contribution is 2.36. The fourth-order valence-electron chi connectivity index (χ4n) is 2.07. The molecular weight excluding hydrogens is 240 g/mol. The summed E-state index contributed by atoms with van der Waals surface area (Å²) < 4.78 is 10.5. The number of hydrogen-bond donors (Lipinski definition) is 1. The molecular formula is C15H20N2O2. The molecule has 2 N–H and O–H groups in total. The summed E-state index contributed by atoms with van der Waals surface area (Å²) in [6, 6.07) is 7.77. The van der Waals surface area contributed by atoms with Crippen LogP contribution in [0.2, 0.25) is 0 Å². The molecule has 0 unspecified atom stereocenters. The van der Waals surface area contributed by atoms with E-state index in [0.29, 0.717) is 11.8 Å². The summed E-state index contributed by atoms with van der Waals surface area (Å²) in [7, 11) is 1.65. The molecule has 0 radical (unpaired) electrons. The maximum atomic E-state index is 5.92. The van der Waals surface area contributed by atoms with Gasteiger partial charge in [-0.3, -0.25) is 0 Å². The molecule has 4 nitrogen and oxygen atoms in total. The van der Waals surface area contributed by atoms with Gasteiger partial charge in [0, 0.05) is 5.56 Å². The highest BCUT2D eigenvalue weighted by molar-refractivity contribution is 5.79. The Morgan fingerprint density at radius 3 is 2.74 bits per heavy atom. The van der Waals surface area contributed by atoms with Crippen molar-refractivity contribution in [3.05, 3.63) is 30.0 Å². The van der Waals surface area contributed by atoms with Crippen LogP contribution in [0, 0.1) is 5.92 Å². The number of nitrogens with zero attached hydrogens (tertiary/aromatic N) is 1. The van der Waals surface area contributed by atoms with Crippen LogP contribution in [0.1, 0.15) is 26.0 Å². The number of aryl methyl sites for hydroxylation is 1. The van der Waals surface area contributed by atoms with E-state index < -0.39 is 0 Å². The summed E-state index contributed by atoms with van der Waals surface area (Å²) in [4.78, 5) is 0. The first kappa shape index (κ1) is 13.5. The normalized spacial score (nSPS) is 10.9. The molecule has 0 bridgehead atoms. The Balaban J connectivity index is 2.40. The van der Waals surface area contributed by atoms with E-state index in [9.17, 15) is 0 Å². The number of hydrogen-bond acceptors (Lipinski definition) is 4. The Hall–Kier alpha value is -1.97. The standard InChI is InChI=1S/C15H20N2O2/c1-10(2)8-9-12-14(15(16)19-17-12)11-6-4-5-7-13(11)18-3/h4-7,10H,8-9,16H2,1-3H3. The molecule has 0 atom stereocenters. The van der Waals surface area contributed by atoms with Gasteiger partial charge in [-0.15, -0.1) is 0 Å². The first-order valence-electron chi connectivity index (χ1n) is 6.51. The highest BCUT2D eigenvalue weighted by atomic mass is 16.5. The van der Waals surface area contributed by atoms with Crippen LogP contribution in [0.4, 0.5) is 5.88 Å². The van der Waals surface area contributed by atoms with Crippen molar-refractivity contribution in [3.8, 4) is 16.9 Å². The summed E-state index contributed by atoms with van der Waals surface area (Å²) in [5, 5.41) is 4.08. The number of methoxy groups -OCH3 is 1. The second kappa shape index (κ2) is 5.78. The van der Waals surface area contributed by atoms with Gasteiger partial charge < -0.3 is 15.0 Å². The number of aromatic nitrogens is 1. The topological polar surface area (TPSA) is 61.3 Å². The van der Waals surface area contributed by atoms with Crippen LogP contribution in [0.3, 0.4) is 0 Å². The van der Waals surface area contributed by atoms with Crippen molar-refractivity contribution < 1.29 is 9.26 Å². The van der Waals surface area contributed by atoms with Crippen molar-refractivity contribution in [2.24, 2.45) is 5.92 Å². The number of benzene rings is 1. The van der Waals surface area contributed by atoms with Crippen molar-refractivity contribution in [2.45, 2.75) is 26.7 Å². The highest BCUT2D eigenvalue weighted by Gasteiger charge is 2.18. The molecule has 1 heterocycles. The average Bonchev–Trinajstić information content (AvgIpc) is 2.77. The summed E-state index contributed by atoms with van der Waals surface area (Å²) in [5.41, 5.74) is 8.61. The van der Waals surface area contributed by atoms with Crippen molar-refractivity contribution in [3.63, 3.8) is 0 Å². The Bertz CT molecular complexity index is 547. The van der Waals surface area contributed by atoms with Gasteiger partial charge in [0.05, 0.1) is 18.4 Å². The molecule has 0 saturated heterocycles. The van der Waals surface area contributed by atoms with Gasteiger partial charge in [-0.2, -0.15) is 0 Å². The second-order valence-corrected chi connectivity index (χ2v) is 5.00. The van der Waals surface area contributed by atoms with Crippen molar-refractivity contribution in [2.75, 3.05) is 12.8 Å². The van der Waals surface area contributed by atoms with Crippen molar-refractivity contribution >= 4 is 5.88 Å². The maximum absolute atomic E-state index is 5.92. The van der Waals surface area contributed by atoms with E-state index in [-0.39, 0.29) is 0 Å². The third-order valence-electron chi connectivity index (χ3n) is 3.12. The zero-order valence-electron chi connectivity index (χ0n) is 11.6. The van der Waals surface area contributed by atoms with Crippen LogP contribution < -0.4 is 10.5 Å². The number of nitrogen functional groups attached to an aromatic ring is 1. The Labute approximate surface area is 113 Å². The van der Waals surface area contributed by atoms with Gasteiger partial charge in [0.25, 0.3) is 0 Å². The number of ether oxygens (including phenoxy) is 1. The van der Waals surface area contributed by atoms with E-state index in [2.05, 4.69) is 19.0 Å². The van der Waals surface area contributed by atoms with Crippen LogP contribution in [-0.4, -0.2) is 12.3 Å². The van der Waals surface area contributed by atoms with Gasteiger partial charge in [0.1, 0.15) is 5.75 Å². The van der Waals surface area contributed by atoms with Gasteiger partial charge in [-0.05, 0) is 24.8 Å². The molecule has 4 heteroatoms. The fourth-order valence-corrected chi connectivity index (χ4v) is 2.07. The molecule has 19 heavy (non-hydrogen) atoms. The lowest BCUT2D eigenvalue weighted by atomic mass is 9.99. The molecule has 1 aromatic heterocycles. The van der Waals surface area contributed by atoms with Crippen LogP contribution >= 0.6 is 0 Å². The smallest absolute Gasteiger partial charge is 0.230 e. The van der Waals surface area contributed by atoms with E-state index in [1.165, 1.54) is 0 Å². The lowest BCUT2D eigenvalue weighted by molar-refractivity contribution is 0.416. The number of para-hydroxylation sites is 1. The third-order valence-corrected chi connectivity index (χ3v) is 3.12. The SMILES string of the molecule is COc1ccccc1-c1c(CCC(C)C)noc1N. The lowest BCUT2D eigenvalue weighted by Crippen LogP contribution is -1.97. The summed E-state index contributed by atoms with van der Waals surface area (Å²) >= 11 is 0. The van der Waals surface area contributed by atoms with Crippen LogP contribution in [0.15, 0.2) is 28.8 Å². The molecule has 0 amide bonds. The Morgan fingerprint density at radius 2 is 2.05 bits per heavy atom. The maximum Gasteiger partial charge on any atom is 0.230 e. The molecule has 1 aromatic carbocycles. The van der Waals surface area contributed by atoms with Crippen molar-refractivity contribution in [1.82, 2.24) is 5.16 Å². The van der Waals surface area contributed by atoms with E-state index >= 15 is 0 Å². The van der Waals surface area contributed by atoms with Gasteiger partial charge in [-0.1, -0.05) is 37.2 Å².